The lowest BCUT2D eigenvalue weighted by Gasteiger charge is -2.37. The van der Waals surface area contributed by atoms with Crippen LogP contribution in [0.1, 0.15) is 72.7 Å². The number of aromatic nitrogens is 5. The molecule has 3 aliphatic rings. The highest BCUT2D eigenvalue weighted by Gasteiger charge is 2.51. The summed E-state index contributed by atoms with van der Waals surface area (Å²) < 4.78 is 4.01. The lowest BCUT2D eigenvalue weighted by molar-refractivity contribution is 0.0757. The van der Waals surface area contributed by atoms with E-state index in [4.69, 9.17) is 0 Å². The minimum absolute atomic E-state index is 0.117. The molecule has 2 aliphatic carbocycles. The van der Waals surface area contributed by atoms with Gasteiger partial charge in [0.25, 0.3) is 5.91 Å². The third-order valence-electron chi connectivity index (χ3n) is 7.14. The second-order valence-corrected chi connectivity index (χ2v) is 9.25. The topological polar surface area (TPSA) is 68.8 Å². The standard InChI is InChI=1S/C21H30N6O/c1-15-17(11-25(2)24-15)20(28)26-12-18(21(13-26)8-4-3-5-9-21)19-23-22-14-27(19)10-16-6-7-16/h11,14,16,18H,3-10,12-13H2,1-2H3. The fourth-order valence-electron chi connectivity index (χ4n) is 5.47. The molecule has 3 fully saturated rings. The maximum absolute atomic E-state index is 13.3. The molecule has 0 bridgehead atoms. The molecule has 2 saturated carbocycles. The average molecular weight is 383 g/mol. The Labute approximate surface area is 166 Å². The van der Waals surface area contributed by atoms with Gasteiger partial charge in [0.2, 0.25) is 0 Å². The number of hydrogen-bond donors (Lipinski definition) is 0. The molecule has 0 radical (unpaired) electrons. The number of nitrogens with zero attached hydrogens (tertiary/aromatic N) is 6. The molecule has 1 atom stereocenters. The van der Waals surface area contributed by atoms with E-state index in [0.717, 1.165) is 42.6 Å². The van der Waals surface area contributed by atoms with Crippen molar-refractivity contribution in [3.8, 4) is 0 Å². The van der Waals surface area contributed by atoms with E-state index in [1.807, 2.05) is 26.5 Å². The summed E-state index contributed by atoms with van der Waals surface area (Å²) in [6.07, 6.45) is 12.6. The van der Waals surface area contributed by atoms with Crippen LogP contribution in [0.5, 0.6) is 0 Å². The van der Waals surface area contributed by atoms with Crippen LogP contribution < -0.4 is 0 Å². The van der Waals surface area contributed by atoms with Crippen molar-refractivity contribution in [2.75, 3.05) is 13.1 Å². The second-order valence-electron chi connectivity index (χ2n) is 9.25. The van der Waals surface area contributed by atoms with Crippen molar-refractivity contribution in [1.82, 2.24) is 29.4 Å². The van der Waals surface area contributed by atoms with Crippen LogP contribution in [0.3, 0.4) is 0 Å². The summed E-state index contributed by atoms with van der Waals surface area (Å²) >= 11 is 0. The summed E-state index contributed by atoms with van der Waals surface area (Å²) in [6.45, 7) is 4.53. The number of hydrogen-bond acceptors (Lipinski definition) is 4. The summed E-state index contributed by atoms with van der Waals surface area (Å²) in [4.78, 5) is 15.4. The fraction of sp³-hybridized carbons (Fsp3) is 0.714. The highest BCUT2D eigenvalue weighted by molar-refractivity contribution is 5.95. The Hall–Kier alpha value is -2.18. The summed E-state index contributed by atoms with van der Waals surface area (Å²) in [7, 11) is 1.87. The molecule has 7 heteroatoms. The number of aryl methyl sites for hydroxylation is 2. The Morgan fingerprint density at radius 2 is 2.04 bits per heavy atom. The molecule has 0 N–H and O–H groups in total. The second kappa shape index (κ2) is 6.71. The van der Waals surface area contributed by atoms with E-state index < -0.39 is 0 Å². The SMILES string of the molecule is Cc1nn(C)cc1C(=O)N1CC(c2nncn2CC2CC2)C2(CCCCC2)C1. The van der Waals surface area contributed by atoms with Gasteiger partial charge in [-0.2, -0.15) is 5.10 Å². The van der Waals surface area contributed by atoms with E-state index in [0.29, 0.717) is 0 Å². The van der Waals surface area contributed by atoms with Gasteiger partial charge >= 0.3 is 0 Å². The van der Waals surface area contributed by atoms with Gasteiger partial charge in [-0.3, -0.25) is 9.48 Å². The van der Waals surface area contributed by atoms with Gasteiger partial charge in [0, 0.05) is 38.8 Å². The third-order valence-corrected chi connectivity index (χ3v) is 7.14. The van der Waals surface area contributed by atoms with E-state index in [2.05, 4.69) is 24.8 Å². The maximum Gasteiger partial charge on any atom is 0.257 e. The van der Waals surface area contributed by atoms with E-state index in [-0.39, 0.29) is 17.2 Å². The third kappa shape index (κ3) is 3.05. The zero-order valence-electron chi connectivity index (χ0n) is 17.0. The predicted molar refractivity (Wildman–Crippen MR) is 105 cm³/mol. The number of amides is 1. The van der Waals surface area contributed by atoms with Crippen molar-refractivity contribution >= 4 is 5.91 Å². The molecule has 3 heterocycles. The molecule has 2 aromatic rings. The van der Waals surface area contributed by atoms with E-state index in [1.165, 1.54) is 44.9 Å². The van der Waals surface area contributed by atoms with Crippen molar-refractivity contribution in [2.45, 2.75) is 64.3 Å². The lowest BCUT2D eigenvalue weighted by atomic mass is 9.67. The molecule has 1 saturated heterocycles. The smallest absolute Gasteiger partial charge is 0.257 e. The van der Waals surface area contributed by atoms with Gasteiger partial charge in [-0.1, -0.05) is 19.3 Å². The van der Waals surface area contributed by atoms with Gasteiger partial charge in [0.15, 0.2) is 0 Å². The summed E-state index contributed by atoms with van der Waals surface area (Å²) in [6, 6.07) is 0. The van der Waals surface area contributed by atoms with Crippen LogP contribution in [0.4, 0.5) is 0 Å². The predicted octanol–water partition coefficient (Wildman–Crippen LogP) is 2.92. The van der Waals surface area contributed by atoms with Crippen LogP contribution in [0.2, 0.25) is 0 Å². The Bertz CT molecular complexity index is 873. The molecular formula is C21H30N6O. The highest BCUT2D eigenvalue weighted by Crippen LogP contribution is 2.52. The first-order valence-corrected chi connectivity index (χ1v) is 10.7. The number of rotatable bonds is 4. The van der Waals surface area contributed by atoms with Crippen molar-refractivity contribution < 1.29 is 4.79 Å². The van der Waals surface area contributed by atoms with Crippen LogP contribution in [-0.4, -0.2) is 48.4 Å². The molecular weight excluding hydrogens is 352 g/mol. The van der Waals surface area contributed by atoms with E-state index in [9.17, 15) is 4.79 Å². The zero-order valence-corrected chi connectivity index (χ0v) is 17.0. The molecule has 0 aromatic carbocycles. The van der Waals surface area contributed by atoms with E-state index >= 15 is 0 Å². The molecule has 1 spiro atoms. The molecule has 1 unspecified atom stereocenters. The molecule has 7 nitrogen and oxygen atoms in total. The Morgan fingerprint density at radius 1 is 1.25 bits per heavy atom. The van der Waals surface area contributed by atoms with Crippen molar-refractivity contribution in [3.05, 3.63) is 29.6 Å². The molecule has 150 valence electrons. The fourth-order valence-corrected chi connectivity index (χ4v) is 5.47. The number of likely N-dealkylation sites (tertiary alicyclic amines) is 1. The minimum Gasteiger partial charge on any atom is -0.337 e. The number of carbonyl (C=O) groups excluding carboxylic acids is 1. The van der Waals surface area contributed by atoms with Crippen LogP contribution in [0.25, 0.3) is 0 Å². The van der Waals surface area contributed by atoms with Crippen molar-refractivity contribution in [3.63, 3.8) is 0 Å². The molecule has 1 amide bonds. The highest BCUT2D eigenvalue weighted by atomic mass is 16.2. The Morgan fingerprint density at radius 3 is 2.71 bits per heavy atom. The first-order chi connectivity index (χ1) is 13.6. The zero-order chi connectivity index (χ0) is 19.3. The van der Waals surface area contributed by atoms with Gasteiger partial charge in [-0.05, 0) is 43.9 Å². The molecule has 5 rings (SSSR count). The van der Waals surface area contributed by atoms with Crippen molar-refractivity contribution in [1.29, 1.82) is 0 Å². The largest absolute Gasteiger partial charge is 0.337 e. The van der Waals surface area contributed by atoms with Gasteiger partial charge in [0.05, 0.1) is 11.3 Å². The summed E-state index contributed by atoms with van der Waals surface area (Å²) in [5.41, 5.74) is 1.69. The van der Waals surface area contributed by atoms with E-state index in [1.54, 1.807) is 4.68 Å². The van der Waals surface area contributed by atoms with Gasteiger partial charge in [0.1, 0.15) is 12.2 Å². The summed E-state index contributed by atoms with van der Waals surface area (Å²) in [5, 5.41) is 13.2. The summed E-state index contributed by atoms with van der Waals surface area (Å²) in [5.74, 6) is 2.29. The average Bonchev–Trinajstić information content (AvgIpc) is 3.10. The normalized spacial score (nSPS) is 24.2. The quantitative estimate of drug-likeness (QED) is 0.815. The van der Waals surface area contributed by atoms with Crippen LogP contribution in [-0.2, 0) is 13.6 Å². The van der Waals surface area contributed by atoms with Gasteiger partial charge < -0.3 is 9.47 Å². The molecule has 28 heavy (non-hydrogen) atoms. The lowest BCUT2D eigenvalue weighted by Crippen LogP contribution is -2.34. The first-order valence-electron chi connectivity index (χ1n) is 10.7. The van der Waals surface area contributed by atoms with Gasteiger partial charge in [-0.15, -0.1) is 10.2 Å². The minimum atomic E-state index is 0.117. The Kier molecular flexibility index (Phi) is 4.29. The van der Waals surface area contributed by atoms with Gasteiger partial charge in [-0.25, -0.2) is 0 Å². The first kappa shape index (κ1) is 17.9. The maximum atomic E-state index is 13.3. The number of carbonyl (C=O) groups is 1. The van der Waals surface area contributed by atoms with Crippen LogP contribution in [0.15, 0.2) is 12.5 Å². The van der Waals surface area contributed by atoms with Crippen molar-refractivity contribution in [2.24, 2.45) is 18.4 Å². The molecule has 1 aliphatic heterocycles. The Balaban J connectivity index is 1.46. The molecule has 2 aromatic heterocycles. The van der Waals surface area contributed by atoms with Crippen LogP contribution >= 0.6 is 0 Å². The monoisotopic (exact) mass is 382 g/mol. The van der Waals surface area contributed by atoms with Crippen LogP contribution in [0, 0.1) is 18.3 Å².